The van der Waals surface area contributed by atoms with Crippen molar-refractivity contribution in [3.05, 3.63) is 35.6 Å². The predicted octanol–water partition coefficient (Wildman–Crippen LogP) is 1.58. The quantitative estimate of drug-likeness (QED) is 0.791. The summed E-state index contributed by atoms with van der Waals surface area (Å²) in [6, 6.07) is 6.07. The topological polar surface area (TPSA) is 60.9 Å². The van der Waals surface area contributed by atoms with E-state index in [9.17, 15) is 14.0 Å². The molecule has 0 atom stereocenters. The average molecular weight is 296 g/mol. The van der Waals surface area contributed by atoms with Crippen LogP contribution in [-0.4, -0.2) is 54.0 Å². The third-order valence-corrected chi connectivity index (χ3v) is 2.99. The third-order valence-electron chi connectivity index (χ3n) is 2.99. The van der Waals surface area contributed by atoms with Gasteiger partial charge in [-0.15, -0.1) is 0 Å². The molecule has 0 saturated carbocycles. The highest BCUT2D eigenvalue weighted by atomic mass is 19.1. The fraction of sp³-hybridized carbons (Fsp3) is 0.467. The van der Waals surface area contributed by atoms with Crippen LogP contribution in [-0.2, 0) is 16.1 Å². The van der Waals surface area contributed by atoms with E-state index in [0.717, 1.165) is 0 Å². The fourth-order valence-electron chi connectivity index (χ4n) is 1.84. The Labute approximate surface area is 124 Å². The van der Waals surface area contributed by atoms with Gasteiger partial charge >= 0.3 is 5.97 Å². The molecule has 0 fully saturated rings. The number of hydrogen-bond acceptors (Lipinski definition) is 3. The molecular weight excluding hydrogens is 275 g/mol. The molecule has 0 radical (unpaired) electrons. The molecule has 1 rings (SSSR count). The van der Waals surface area contributed by atoms with Gasteiger partial charge in [0, 0.05) is 26.1 Å². The van der Waals surface area contributed by atoms with Crippen LogP contribution in [0.2, 0.25) is 0 Å². The number of halogens is 1. The summed E-state index contributed by atoms with van der Waals surface area (Å²) in [5, 5.41) is 8.66. The largest absolute Gasteiger partial charge is 0.481 e. The van der Waals surface area contributed by atoms with E-state index in [2.05, 4.69) is 0 Å². The summed E-state index contributed by atoms with van der Waals surface area (Å²) in [7, 11) is 3.78. The molecule has 1 amide bonds. The normalized spacial score (nSPS) is 10.7. The molecule has 1 aromatic carbocycles. The number of carbonyl (C=O) groups excluding carboxylic acids is 1. The van der Waals surface area contributed by atoms with Gasteiger partial charge in [-0.3, -0.25) is 9.59 Å². The zero-order chi connectivity index (χ0) is 15.8. The number of amides is 1. The molecule has 0 heterocycles. The van der Waals surface area contributed by atoms with Crippen molar-refractivity contribution >= 4 is 11.9 Å². The second-order valence-corrected chi connectivity index (χ2v) is 5.14. The van der Waals surface area contributed by atoms with Crippen LogP contribution in [0.5, 0.6) is 0 Å². The van der Waals surface area contributed by atoms with E-state index in [1.54, 1.807) is 17.0 Å². The Hall–Kier alpha value is -1.95. The Morgan fingerprint density at radius 3 is 2.48 bits per heavy atom. The summed E-state index contributed by atoms with van der Waals surface area (Å²) >= 11 is 0. The molecule has 0 saturated heterocycles. The molecule has 0 aliphatic rings. The zero-order valence-corrected chi connectivity index (χ0v) is 12.4. The van der Waals surface area contributed by atoms with E-state index in [-0.39, 0.29) is 31.1 Å². The van der Waals surface area contributed by atoms with Crippen LogP contribution in [0, 0.1) is 5.82 Å². The first-order valence-corrected chi connectivity index (χ1v) is 6.77. The van der Waals surface area contributed by atoms with Crippen LogP contribution in [0.1, 0.15) is 18.4 Å². The van der Waals surface area contributed by atoms with E-state index < -0.39 is 5.97 Å². The molecule has 0 aliphatic heterocycles. The lowest BCUT2D eigenvalue weighted by Crippen LogP contribution is -2.36. The van der Waals surface area contributed by atoms with Crippen molar-refractivity contribution in [1.29, 1.82) is 0 Å². The molecule has 0 aromatic heterocycles. The Morgan fingerprint density at radius 1 is 1.19 bits per heavy atom. The average Bonchev–Trinajstić information content (AvgIpc) is 2.40. The Bertz CT molecular complexity index is 492. The first-order valence-electron chi connectivity index (χ1n) is 6.77. The van der Waals surface area contributed by atoms with E-state index >= 15 is 0 Å². The number of likely N-dealkylation sites (N-methyl/N-ethyl adjacent to an activating group) is 1. The van der Waals surface area contributed by atoms with Gasteiger partial charge in [0.05, 0.1) is 6.42 Å². The highest BCUT2D eigenvalue weighted by Gasteiger charge is 2.15. The number of rotatable bonds is 8. The standard InChI is InChI=1S/C15H21FN2O3/c1-17(2)8-9-18(14(19)6-7-15(20)21)11-12-4-3-5-13(16)10-12/h3-5,10H,6-9,11H2,1-2H3,(H,20,21). The minimum absolute atomic E-state index is 0.0436. The Balaban J connectivity index is 2.71. The first kappa shape index (κ1) is 17.1. The van der Waals surface area contributed by atoms with Gasteiger partial charge in [-0.05, 0) is 31.8 Å². The molecule has 0 spiro atoms. The van der Waals surface area contributed by atoms with Crippen molar-refractivity contribution in [3.8, 4) is 0 Å². The number of carboxylic acid groups (broad SMARTS) is 1. The summed E-state index contributed by atoms with van der Waals surface area (Å²) in [5.74, 6) is -1.58. The highest BCUT2D eigenvalue weighted by Crippen LogP contribution is 2.09. The number of carbonyl (C=O) groups is 2. The van der Waals surface area contributed by atoms with Crippen molar-refractivity contribution in [2.45, 2.75) is 19.4 Å². The van der Waals surface area contributed by atoms with Crippen molar-refractivity contribution in [2.24, 2.45) is 0 Å². The minimum Gasteiger partial charge on any atom is -0.481 e. The summed E-state index contributed by atoms with van der Waals surface area (Å²) in [6.07, 6.45) is -0.238. The van der Waals surface area contributed by atoms with Crippen molar-refractivity contribution in [2.75, 3.05) is 27.2 Å². The third kappa shape index (κ3) is 6.85. The van der Waals surface area contributed by atoms with E-state index in [4.69, 9.17) is 5.11 Å². The number of aliphatic carboxylic acids is 1. The lowest BCUT2D eigenvalue weighted by atomic mass is 10.2. The first-order chi connectivity index (χ1) is 9.88. The molecule has 1 N–H and O–H groups in total. The molecule has 21 heavy (non-hydrogen) atoms. The lowest BCUT2D eigenvalue weighted by Gasteiger charge is -2.24. The van der Waals surface area contributed by atoms with Crippen LogP contribution < -0.4 is 0 Å². The maximum atomic E-state index is 13.2. The number of benzene rings is 1. The Kier molecular flexibility index (Phi) is 6.81. The van der Waals surface area contributed by atoms with Gasteiger partial charge in [0.15, 0.2) is 0 Å². The van der Waals surface area contributed by atoms with Crippen molar-refractivity contribution < 1.29 is 19.1 Å². The predicted molar refractivity (Wildman–Crippen MR) is 77.2 cm³/mol. The van der Waals surface area contributed by atoms with Gasteiger partial charge in [0.2, 0.25) is 5.91 Å². The van der Waals surface area contributed by atoms with E-state index in [1.807, 2.05) is 19.0 Å². The fourth-order valence-corrected chi connectivity index (χ4v) is 1.84. The van der Waals surface area contributed by atoms with Gasteiger partial charge < -0.3 is 14.9 Å². The number of carboxylic acids is 1. The van der Waals surface area contributed by atoms with Crippen LogP contribution in [0.25, 0.3) is 0 Å². The van der Waals surface area contributed by atoms with Gasteiger partial charge in [0.1, 0.15) is 5.82 Å². The summed E-state index contributed by atoms with van der Waals surface area (Å²) < 4.78 is 13.2. The SMILES string of the molecule is CN(C)CCN(Cc1cccc(F)c1)C(=O)CCC(=O)O. The van der Waals surface area contributed by atoms with E-state index in [1.165, 1.54) is 12.1 Å². The molecule has 6 heteroatoms. The minimum atomic E-state index is -0.998. The monoisotopic (exact) mass is 296 g/mol. The van der Waals surface area contributed by atoms with Crippen LogP contribution in [0.3, 0.4) is 0 Å². The van der Waals surface area contributed by atoms with Crippen LogP contribution >= 0.6 is 0 Å². The van der Waals surface area contributed by atoms with Crippen molar-refractivity contribution in [3.63, 3.8) is 0 Å². The summed E-state index contributed by atoms with van der Waals surface area (Å²) in [5.41, 5.74) is 0.692. The summed E-state index contributed by atoms with van der Waals surface area (Å²) in [6.45, 7) is 1.42. The smallest absolute Gasteiger partial charge is 0.303 e. The second-order valence-electron chi connectivity index (χ2n) is 5.14. The van der Waals surface area contributed by atoms with Crippen molar-refractivity contribution in [1.82, 2.24) is 9.80 Å². The lowest BCUT2D eigenvalue weighted by molar-refractivity contribution is -0.141. The molecule has 5 nitrogen and oxygen atoms in total. The van der Waals surface area contributed by atoms with Gasteiger partial charge in [-0.2, -0.15) is 0 Å². The van der Waals surface area contributed by atoms with Gasteiger partial charge in [-0.1, -0.05) is 12.1 Å². The molecule has 0 aliphatic carbocycles. The molecular formula is C15H21FN2O3. The maximum absolute atomic E-state index is 13.2. The van der Waals surface area contributed by atoms with E-state index in [0.29, 0.717) is 18.7 Å². The summed E-state index contributed by atoms with van der Waals surface area (Å²) in [4.78, 5) is 26.2. The maximum Gasteiger partial charge on any atom is 0.303 e. The molecule has 0 bridgehead atoms. The molecule has 1 aromatic rings. The number of nitrogens with zero attached hydrogens (tertiary/aromatic N) is 2. The Morgan fingerprint density at radius 2 is 1.90 bits per heavy atom. The second kappa shape index (κ2) is 8.36. The molecule has 116 valence electrons. The highest BCUT2D eigenvalue weighted by molar-refractivity contribution is 5.80. The molecule has 0 unspecified atom stereocenters. The van der Waals surface area contributed by atoms with Gasteiger partial charge in [0.25, 0.3) is 0 Å². The van der Waals surface area contributed by atoms with Gasteiger partial charge in [-0.25, -0.2) is 4.39 Å². The van der Waals surface area contributed by atoms with Crippen LogP contribution in [0.4, 0.5) is 4.39 Å². The van der Waals surface area contributed by atoms with Crippen LogP contribution in [0.15, 0.2) is 24.3 Å². The number of hydrogen-bond donors (Lipinski definition) is 1. The zero-order valence-electron chi connectivity index (χ0n) is 12.4.